The predicted molar refractivity (Wildman–Crippen MR) is 182 cm³/mol. The lowest BCUT2D eigenvalue weighted by Crippen LogP contribution is -2.47. The van der Waals surface area contributed by atoms with Crippen LogP contribution in [0.15, 0.2) is 54.6 Å². The van der Waals surface area contributed by atoms with E-state index in [1.54, 1.807) is 20.8 Å². The molecule has 0 fully saturated rings. The number of methoxy groups -OCH3 is 1. The summed E-state index contributed by atoms with van der Waals surface area (Å²) >= 11 is 5.39. The second-order valence-electron chi connectivity index (χ2n) is 13.3. The van der Waals surface area contributed by atoms with Crippen LogP contribution in [-0.4, -0.2) is 65.0 Å². The van der Waals surface area contributed by atoms with Crippen molar-refractivity contribution in [2.45, 2.75) is 91.0 Å². The summed E-state index contributed by atoms with van der Waals surface area (Å²) < 4.78 is 54.6. The number of carbonyl (C=O) groups is 1. The first-order valence-electron chi connectivity index (χ1n) is 15.2. The van der Waals surface area contributed by atoms with Crippen molar-refractivity contribution in [3.63, 3.8) is 0 Å². The molecule has 11 heteroatoms. The number of esters is 1. The van der Waals surface area contributed by atoms with Crippen LogP contribution in [-0.2, 0) is 39.5 Å². The van der Waals surface area contributed by atoms with E-state index >= 15 is 0 Å². The molecule has 3 atom stereocenters. The Morgan fingerprint density at radius 1 is 0.978 bits per heavy atom. The number of thiocarbonyl (C=S) groups is 1. The first-order valence-corrected chi connectivity index (χ1v) is 18.5. The van der Waals surface area contributed by atoms with Crippen molar-refractivity contribution in [3.05, 3.63) is 66.0 Å². The van der Waals surface area contributed by atoms with E-state index in [0.717, 1.165) is 5.56 Å². The van der Waals surface area contributed by atoms with Crippen LogP contribution in [0.4, 0.5) is 4.39 Å². The van der Waals surface area contributed by atoms with E-state index in [0.29, 0.717) is 6.61 Å². The van der Waals surface area contributed by atoms with Crippen LogP contribution in [0.2, 0.25) is 18.1 Å². The summed E-state index contributed by atoms with van der Waals surface area (Å²) in [6.45, 7) is 16.4. The number of halogens is 1. The molecule has 0 aliphatic heterocycles. The van der Waals surface area contributed by atoms with E-state index in [2.05, 4.69) is 45.7 Å². The van der Waals surface area contributed by atoms with Gasteiger partial charge in [0.15, 0.2) is 14.4 Å². The van der Waals surface area contributed by atoms with Gasteiger partial charge in [0.1, 0.15) is 43.8 Å². The lowest BCUT2D eigenvalue weighted by molar-refractivity contribution is -0.164. The lowest BCUT2D eigenvalue weighted by Gasteiger charge is -2.39. The maximum atomic E-state index is 13.4. The lowest BCUT2D eigenvalue weighted by atomic mass is 9.97. The van der Waals surface area contributed by atoms with Gasteiger partial charge in [-0.15, -0.1) is 0 Å². The molecule has 0 aliphatic carbocycles. The molecule has 2 aromatic rings. The fourth-order valence-electron chi connectivity index (χ4n) is 3.65. The van der Waals surface area contributed by atoms with Gasteiger partial charge in [0, 0.05) is 25.7 Å². The molecule has 0 amide bonds. The number of ether oxygens (including phenoxy) is 6. The van der Waals surface area contributed by atoms with Crippen LogP contribution in [0.5, 0.6) is 5.75 Å². The molecule has 0 unspecified atom stereocenters. The molecule has 0 radical (unpaired) electrons. The molecular weight excluding hydrogens is 628 g/mol. The van der Waals surface area contributed by atoms with E-state index in [4.69, 9.17) is 45.1 Å². The predicted octanol–water partition coefficient (Wildman–Crippen LogP) is 7.45. The third kappa shape index (κ3) is 14.3. The maximum Gasteiger partial charge on any atom is 0.358 e. The average molecular weight is 677 g/mol. The van der Waals surface area contributed by atoms with Gasteiger partial charge in [-0.2, -0.15) is 0 Å². The molecule has 0 saturated carbocycles. The van der Waals surface area contributed by atoms with Crippen molar-refractivity contribution in [3.8, 4) is 17.6 Å². The highest BCUT2D eigenvalue weighted by Crippen LogP contribution is 2.38. The van der Waals surface area contributed by atoms with E-state index in [1.807, 2.05) is 30.3 Å². The third-order valence-corrected chi connectivity index (χ3v) is 12.0. The monoisotopic (exact) mass is 676 g/mol. The summed E-state index contributed by atoms with van der Waals surface area (Å²) in [5.74, 6) is 5.78. The Morgan fingerprint density at radius 3 is 2.22 bits per heavy atom. The van der Waals surface area contributed by atoms with Gasteiger partial charge in [0.25, 0.3) is 0 Å². The Balaban J connectivity index is 2.34. The number of rotatable bonds is 15. The Morgan fingerprint density at radius 2 is 1.63 bits per heavy atom. The zero-order valence-corrected chi connectivity index (χ0v) is 30.3. The molecule has 46 heavy (non-hydrogen) atoms. The van der Waals surface area contributed by atoms with Crippen molar-refractivity contribution in [1.29, 1.82) is 0 Å². The van der Waals surface area contributed by atoms with Crippen LogP contribution in [0, 0.1) is 23.1 Å². The molecule has 0 aliphatic rings. The molecular formula is C35H49FO8SSi. The SMILES string of the molecule is COCO[C@@H](C[C@H](C#CCOCc1ccccc1)O[Si](C)(C)C(C)(C)C)[C@@H](COC(=O)C(C)(C)C)OC(=S)Oc1ccc(F)cc1. The topological polar surface area (TPSA) is 81.7 Å². The molecule has 2 rings (SSSR count). The number of benzene rings is 2. The number of carbonyl (C=O) groups excluding carboxylic acids is 1. The van der Waals surface area contributed by atoms with Gasteiger partial charge < -0.3 is 32.8 Å². The summed E-state index contributed by atoms with van der Waals surface area (Å²) in [4.78, 5) is 12.7. The molecule has 0 aromatic heterocycles. The Hall–Kier alpha value is -2.85. The fraction of sp³-hybridized carbons (Fsp3) is 0.543. The van der Waals surface area contributed by atoms with Gasteiger partial charge in [-0.05, 0) is 68.7 Å². The molecule has 254 valence electrons. The van der Waals surface area contributed by atoms with Gasteiger partial charge in [-0.1, -0.05) is 62.9 Å². The maximum absolute atomic E-state index is 13.4. The highest BCUT2D eigenvalue weighted by atomic mass is 32.1. The molecule has 0 saturated heterocycles. The first-order chi connectivity index (χ1) is 21.5. The summed E-state index contributed by atoms with van der Waals surface area (Å²) in [6, 6.07) is 15.2. The first kappa shape index (κ1) is 39.3. The van der Waals surface area contributed by atoms with Crippen molar-refractivity contribution in [2.24, 2.45) is 5.41 Å². The van der Waals surface area contributed by atoms with Crippen LogP contribution >= 0.6 is 12.2 Å². The summed E-state index contributed by atoms with van der Waals surface area (Å²) in [5, 5.41) is -0.348. The quantitative estimate of drug-likeness (QED) is 0.0477. The Labute approximate surface area is 280 Å². The minimum Gasteiger partial charge on any atom is -0.461 e. The standard InChI is InChI=1S/C35H49FO8SSi/c1-34(2,3)32(37)40-24-31(43-33(45)42-28-19-17-27(36)18-20-28)30(41-25-38-7)22-29(44-46(8,9)35(4,5)6)16-13-21-39-23-26-14-11-10-12-15-26/h10-12,14-15,17-20,29-31H,21-25H2,1-9H3/t29-,30-,31+/m0/s1. The number of hydrogen-bond donors (Lipinski definition) is 0. The summed E-state index contributed by atoms with van der Waals surface area (Å²) in [5.41, 5.74) is 0.299. The largest absolute Gasteiger partial charge is 0.461 e. The second kappa shape index (κ2) is 18.5. The minimum absolute atomic E-state index is 0.0796. The van der Waals surface area contributed by atoms with Gasteiger partial charge in [-0.3, -0.25) is 4.79 Å². The van der Waals surface area contributed by atoms with Crippen molar-refractivity contribution < 1.29 is 42.0 Å². The Bertz CT molecular complexity index is 1280. The van der Waals surface area contributed by atoms with Crippen LogP contribution in [0.25, 0.3) is 0 Å². The van der Waals surface area contributed by atoms with E-state index < -0.39 is 43.8 Å². The normalized spacial score (nSPS) is 14.0. The van der Waals surface area contributed by atoms with Gasteiger partial charge in [-0.25, -0.2) is 4.39 Å². The van der Waals surface area contributed by atoms with Gasteiger partial charge in [0.2, 0.25) is 0 Å². The Kier molecular flexibility index (Phi) is 15.8. The number of hydrogen-bond acceptors (Lipinski definition) is 9. The van der Waals surface area contributed by atoms with Crippen molar-refractivity contribution in [1.82, 2.24) is 0 Å². The van der Waals surface area contributed by atoms with Crippen LogP contribution < -0.4 is 4.74 Å². The zero-order valence-electron chi connectivity index (χ0n) is 28.5. The molecule has 8 nitrogen and oxygen atoms in total. The average Bonchev–Trinajstić information content (AvgIpc) is 2.97. The smallest absolute Gasteiger partial charge is 0.358 e. The van der Waals surface area contributed by atoms with Crippen LogP contribution in [0.1, 0.15) is 53.5 Å². The minimum atomic E-state index is -2.31. The zero-order chi connectivity index (χ0) is 34.4. The molecule has 2 aromatic carbocycles. The third-order valence-electron chi connectivity index (χ3n) is 7.31. The fourth-order valence-corrected chi connectivity index (χ4v) is 5.09. The summed E-state index contributed by atoms with van der Waals surface area (Å²) in [7, 11) is -0.806. The van der Waals surface area contributed by atoms with Gasteiger partial charge in [0.05, 0.1) is 12.0 Å². The molecule has 0 N–H and O–H groups in total. The van der Waals surface area contributed by atoms with Crippen LogP contribution in [0.3, 0.4) is 0 Å². The molecule has 0 spiro atoms. The van der Waals surface area contributed by atoms with Crippen molar-refractivity contribution >= 4 is 31.7 Å². The highest BCUT2D eigenvalue weighted by molar-refractivity contribution is 7.79. The van der Waals surface area contributed by atoms with E-state index in [-0.39, 0.29) is 42.5 Å². The van der Waals surface area contributed by atoms with Gasteiger partial charge >= 0.3 is 11.2 Å². The molecule has 0 heterocycles. The van der Waals surface area contributed by atoms with E-state index in [9.17, 15) is 9.18 Å². The van der Waals surface area contributed by atoms with E-state index in [1.165, 1.54) is 31.4 Å². The molecule has 0 bridgehead atoms. The highest BCUT2D eigenvalue weighted by Gasteiger charge is 2.40. The summed E-state index contributed by atoms with van der Waals surface area (Å²) in [6.07, 6.45) is -2.02. The second-order valence-corrected chi connectivity index (χ2v) is 18.4. The van der Waals surface area contributed by atoms with Crippen molar-refractivity contribution in [2.75, 3.05) is 27.1 Å².